The lowest BCUT2D eigenvalue weighted by Gasteiger charge is -2.13. The molecule has 1 aliphatic carbocycles. The topological polar surface area (TPSA) is 61.4 Å². The van der Waals surface area contributed by atoms with E-state index in [4.69, 9.17) is 5.11 Å². The number of amides is 2. The third-order valence-electron chi connectivity index (χ3n) is 2.67. The standard InChI is InChI=1S/C10H20N2O2S/c1-15-9-4-3-8(7-9)12-10(14)11-5-2-6-13/h8-9,13H,2-7H2,1H3,(H2,11,12,14)/t8-,9+/m1/s1. The van der Waals surface area contributed by atoms with Gasteiger partial charge in [-0.05, 0) is 31.9 Å². The van der Waals surface area contributed by atoms with Crippen LogP contribution < -0.4 is 10.6 Å². The van der Waals surface area contributed by atoms with Gasteiger partial charge < -0.3 is 15.7 Å². The fraction of sp³-hybridized carbons (Fsp3) is 0.900. The van der Waals surface area contributed by atoms with E-state index in [1.165, 1.54) is 6.42 Å². The molecule has 3 N–H and O–H groups in total. The summed E-state index contributed by atoms with van der Waals surface area (Å²) in [7, 11) is 0. The Balaban J connectivity index is 2.10. The van der Waals surface area contributed by atoms with Gasteiger partial charge in [0.05, 0.1) is 0 Å². The lowest BCUT2D eigenvalue weighted by atomic mass is 10.2. The molecule has 15 heavy (non-hydrogen) atoms. The highest BCUT2D eigenvalue weighted by molar-refractivity contribution is 7.99. The van der Waals surface area contributed by atoms with Crippen molar-refractivity contribution < 1.29 is 9.90 Å². The summed E-state index contributed by atoms with van der Waals surface area (Å²) in [4.78, 5) is 11.4. The second-order valence-electron chi connectivity index (χ2n) is 3.85. The molecule has 0 spiro atoms. The third kappa shape index (κ3) is 4.75. The van der Waals surface area contributed by atoms with Gasteiger partial charge in [-0.3, -0.25) is 0 Å². The second-order valence-corrected chi connectivity index (χ2v) is 4.98. The summed E-state index contributed by atoms with van der Waals surface area (Å²) in [5.41, 5.74) is 0. The van der Waals surface area contributed by atoms with Crippen molar-refractivity contribution in [3.05, 3.63) is 0 Å². The maximum Gasteiger partial charge on any atom is 0.315 e. The first-order valence-electron chi connectivity index (χ1n) is 5.44. The number of urea groups is 1. The Labute approximate surface area is 95.2 Å². The maximum atomic E-state index is 11.4. The Morgan fingerprint density at radius 1 is 1.53 bits per heavy atom. The maximum absolute atomic E-state index is 11.4. The number of aliphatic hydroxyl groups is 1. The van der Waals surface area contributed by atoms with Crippen molar-refractivity contribution in [2.24, 2.45) is 0 Å². The zero-order valence-corrected chi connectivity index (χ0v) is 9.98. The summed E-state index contributed by atoms with van der Waals surface area (Å²) in [5.74, 6) is 0. The summed E-state index contributed by atoms with van der Waals surface area (Å²) < 4.78 is 0. The minimum Gasteiger partial charge on any atom is -0.396 e. The minimum absolute atomic E-state index is 0.102. The molecular weight excluding hydrogens is 212 g/mol. The van der Waals surface area contributed by atoms with Crippen molar-refractivity contribution in [1.82, 2.24) is 10.6 Å². The molecule has 1 saturated carbocycles. The normalized spacial score (nSPS) is 25.2. The molecule has 0 aromatic rings. The fourth-order valence-electron chi connectivity index (χ4n) is 1.80. The van der Waals surface area contributed by atoms with Crippen LogP contribution in [-0.2, 0) is 0 Å². The monoisotopic (exact) mass is 232 g/mol. The van der Waals surface area contributed by atoms with Gasteiger partial charge in [-0.2, -0.15) is 11.8 Å². The van der Waals surface area contributed by atoms with Crippen molar-refractivity contribution in [2.75, 3.05) is 19.4 Å². The number of thioether (sulfide) groups is 1. The van der Waals surface area contributed by atoms with Crippen molar-refractivity contribution in [3.8, 4) is 0 Å². The van der Waals surface area contributed by atoms with Gasteiger partial charge in [0.15, 0.2) is 0 Å². The molecule has 0 radical (unpaired) electrons. The molecule has 5 heteroatoms. The van der Waals surface area contributed by atoms with E-state index in [1.807, 2.05) is 11.8 Å². The van der Waals surface area contributed by atoms with Crippen LogP contribution in [0.4, 0.5) is 4.79 Å². The zero-order valence-electron chi connectivity index (χ0n) is 9.16. The molecule has 0 bridgehead atoms. The van der Waals surface area contributed by atoms with E-state index in [-0.39, 0.29) is 12.6 Å². The third-order valence-corrected chi connectivity index (χ3v) is 3.77. The van der Waals surface area contributed by atoms with Gasteiger partial charge >= 0.3 is 6.03 Å². The van der Waals surface area contributed by atoms with Gasteiger partial charge in [0.1, 0.15) is 0 Å². The Bertz CT molecular complexity index is 202. The highest BCUT2D eigenvalue weighted by Crippen LogP contribution is 2.27. The Kier molecular flexibility index (Phi) is 5.86. The number of carbonyl (C=O) groups is 1. The molecule has 0 aliphatic heterocycles. The Hall–Kier alpha value is -0.420. The molecule has 88 valence electrons. The average molecular weight is 232 g/mol. The highest BCUT2D eigenvalue weighted by atomic mass is 32.2. The summed E-state index contributed by atoms with van der Waals surface area (Å²) in [6.07, 6.45) is 6.09. The lowest BCUT2D eigenvalue weighted by molar-refractivity contribution is 0.234. The van der Waals surface area contributed by atoms with Crippen LogP contribution in [-0.4, -0.2) is 41.8 Å². The summed E-state index contributed by atoms with van der Waals surface area (Å²) in [5, 5.41) is 14.9. The molecular formula is C10H20N2O2S. The van der Waals surface area contributed by atoms with Gasteiger partial charge in [-0.1, -0.05) is 0 Å². The first-order valence-corrected chi connectivity index (χ1v) is 6.73. The van der Waals surface area contributed by atoms with Gasteiger partial charge in [0, 0.05) is 24.4 Å². The molecule has 1 rings (SSSR count). The highest BCUT2D eigenvalue weighted by Gasteiger charge is 2.24. The summed E-state index contributed by atoms with van der Waals surface area (Å²) in [6.45, 7) is 0.666. The Morgan fingerprint density at radius 2 is 2.33 bits per heavy atom. The minimum atomic E-state index is -0.102. The molecule has 1 aliphatic rings. The van der Waals surface area contributed by atoms with Crippen LogP contribution in [0.3, 0.4) is 0 Å². The van der Waals surface area contributed by atoms with Crippen LogP contribution in [0.1, 0.15) is 25.7 Å². The predicted octanol–water partition coefficient (Wildman–Crippen LogP) is 0.952. The Morgan fingerprint density at radius 3 is 2.93 bits per heavy atom. The van der Waals surface area contributed by atoms with Gasteiger partial charge in [0.2, 0.25) is 0 Å². The van der Waals surface area contributed by atoms with Crippen molar-refractivity contribution in [2.45, 2.75) is 37.0 Å². The van der Waals surface area contributed by atoms with Gasteiger partial charge in [-0.25, -0.2) is 4.79 Å². The first kappa shape index (κ1) is 12.6. The number of aliphatic hydroxyl groups excluding tert-OH is 1. The predicted molar refractivity (Wildman–Crippen MR) is 63.2 cm³/mol. The lowest BCUT2D eigenvalue weighted by Crippen LogP contribution is -2.41. The second kappa shape index (κ2) is 6.95. The number of rotatable bonds is 5. The molecule has 1 fully saturated rings. The van der Waals surface area contributed by atoms with Crippen molar-refractivity contribution in [1.29, 1.82) is 0 Å². The van der Waals surface area contributed by atoms with E-state index in [1.54, 1.807) is 0 Å². The van der Waals surface area contributed by atoms with Crippen LogP contribution in [0.5, 0.6) is 0 Å². The molecule has 0 heterocycles. The van der Waals surface area contributed by atoms with Crippen LogP contribution in [0.15, 0.2) is 0 Å². The van der Waals surface area contributed by atoms with Crippen LogP contribution in [0, 0.1) is 0 Å². The van der Waals surface area contributed by atoms with E-state index in [0.717, 1.165) is 12.8 Å². The number of hydrogen-bond donors (Lipinski definition) is 3. The van der Waals surface area contributed by atoms with Crippen molar-refractivity contribution in [3.63, 3.8) is 0 Å². The summed E-state index contributed by atoms with van der Waals surface area (Å²) >= 11 is 1.88. The first-order chi connectivity index (χ1) is 7.26. The fourth-order valence-corrected chi connectivity index (χ4v) is 2.60. The molecule has 0 saturated heterocycles. The van der Waals surface area contributed by atoms with E-state index < -0.39 is 0 Å². The SMILES string of the molecule is CS[C@H]1CC[C@@H](NC(=O)NCCCO)C1. The number of carbonyl (C=O) groups excluding carboxylic acids is 1. The molecule has 0 aromatic carbocycles. The van der Waals surface area contributed by atoms with E-state index >= 15 is 0 Å². The molecule has 0 aromatic heterocycles. The smallest absolute Gasteiger partial charge is 0.315 e. The number of nitrogens with one attached hydrogen (secondary N) is 2. The molecule has 4 nitrogen and oxygen atoms in total. The molecule has 0 unspecified atom stereocenters. The van der Waals surface area contributed by atoms with E-state index in [9.17, 15) is 4.79 Å². The van der Waals surface area contributed by atoms with Crippen molar-refractivity contribution >= 4 is 17.8 Å². The quantitative estimate of drug-likeness (QED) is 0.619. The van der Waals surface area contributed by atoms with E-state index in [0.29, 0.717) is 24.3 Å². The zero-order chi connectivity index (χ0) is 11.1. The molecule has 2 amide bonds. The number of hydrogen-bond acceptors (Lipinski definition) is 3. The average Bonchev–Trinajstić information content (AvgIpc) is 2.66. The van der Waals surface area contributed by atoms with Crippen LogP contribution in [0.25, 0.3) is 0 Å². The summed E-state index contributed by atoms with van der Waals surface area (Å²) in [6, 6.07) is 0.228. The van der Waals surface area contributed by atoms with E-state index in [2.05, 4.69) is 16.9 Å². The van der Waals surface area contributed by atoms with Gasteiger partial charge in [-0.15, -0.1) is 0 Å². The van der Waals surface area contributed by atoms with Gasteiger partial charge in [0.25, 0.3) is 0 Å². The van der Waals surface area contributed by atoms with Crippen LogP contribution >= 0.6 is 11.8 Å². The molecule has 2 atom stereocenters. The largest absolute Gasteiger partial charge is 0.396 e. The van der Waals surface area contributed by atoms with Crippen LogP contribution in [0.2, 0.25) is 0 Å².